The largest absolute Gasteiger partial charge is 0.481 e. The van der Waals surface area contributed by atoms with E-state index in [0.717, 1.165) is 10.5 Å². The molecule has 2 aromatic rings. The highest BCUT2D eigenvalue weighted by molar-refractivity contribution is 7.07. The first-order chi connectivity index (χ1) is 9.38. The summed E-state index contributed by atoms with van der Waals surface area (Å²) in [5, 5.41) is 11.5. The highest BCUT2D eigenvalue weighted by Crippen LogP contribution is 2.34. The van der Waals surface area contributed by atoms with Gasteiger partial charge in [0.05, 0.1) is 16.5 Å². The summed E-state index contributed by atoms with van der Waals surface area (Å²) in [7, 11) is 1.91. The zero-order chi connectivity index (χ0) is 14.9. The normalized spacial score (nSPS) is 11.9. The van der Waals surface area contributed by atoms with Crippen molar-refractivity contribution in [2.75, 3.05) is 0 Å². The lowest BCUT2D eigenvalue weighted by Gasteiger charge is -2.05. The van der Waals surface area contributed by atoms with E-state index in [2.05, 4.69) is 4.99 Å². The average molecular weight is 331 g/mol. The Labute approximate surface area is 129 Å². The zero-order valence-corrected chi connectivity index (χ0v) is 13.2. The average Bonchev–Trinajstić information content (AvgIpc) is 2.64. The second-order valence-corrected chi connectivity index (χ2v) is 5.96. The predicted molar refractivity (Wildman–Crippen MR) is 81.1 cm³/mol. The molecule has 106 valence electrons. The molecule has 1 aromatic carbocycles. The number of aryl methyl sites for hydroxylation is 1. The van der Waals surface area contributed by atoms with Gasteiger partial charge >= 0.3 is 5.97 Å². The molecule has 0 aliphatic rings. The third kappa shape index (κ3) is 3.23. The van der Waals surface area contributed by atoms with Gasteiger partial charge in [0.25, 0.3) is 0 Å². The number of carboxylic acids is 1. The van der Waals surface area contributed by atoms with Crippen LogP contribution in [-0.2, 0) is 18.3 Å². The Hall–Kier alpha value is -1.30. The van der Waals surface area contributed by atoms with Gasteiger partial charge in [-0.25, -0.2) is 4.99 Å². The second kappa shape index (κ2) is 5.99. The van der Waals surface area contributed by atoms with Crippen molar-refractivity contribution in [3.05, 3.63) is 43.6 Å². The maximum Gasteiger partial charge on any atom is 0.307 e. The van der Waals surface area contributed by atoms with Crippen LogP contribution in [0.1, 0.15) is 11.3 Å². The molecule has 0 fully saturated rings. The molecule has 0 amide bonds. The van der Waals surface area contributed by atoms with Gasteiger partial charge in [-0.3, -0.25) is 4.79 Å². The fraction of sp³-hybridized carbons (Fsp3) is 0.231. The van der Waals surface area contributed by atoms with Gasteiger partial charge in [0, 0.05) is 18.1 Å². The van der Waals surface area contributed by atoms with E-state index < -0.39 is 5.97 Å². The van der Waals surface area contributed by atoms with Crippen molar-refractivity contribution in [2.45, 2.75) is 13.3 Å². The predicted octanol–water partition coefficient (Wildman–Crippen LogP) is 3.56. The zero-order valence-electron chi connectivity index (χ0n) is 10.9. The van der Waals surface area contributed by atoms with Crippen LogP contribution in [0.25, 0.3) is 0 Å². The van der Waals surface area contributed by atoms with E-state index >= 15 is 0 Å². The Morgan fingerprint density at radius 3 is 2.45 bits per heavy atom. The van der Waals surface area contributed by atoms with Gasteiger partial charge in [-0.05, 0) is 24.6 Å². The van der Waals surface area contributed by atoms with E-state index in [1.54, 1.807) is 12.1 Å². The van der Waals surface area contributed by atoms with Gasteiger partial charge in [0.15, 0.2) is 4.80 Å². The third-order valence-corrected chi connectivity index (χ3v) is 4.40. The van der Waals surface area contributed by atoms with Crippen molar-refractivity contribution in [2.24, 2.45) is 12.0 Å². The summed E-state index contributed by atoms with van der Waals surface area (Å²) in [5.74, 6) is -0.929. The van der Waals surface area contributed by atoms with Gasteiger partial charge in [-0.15, -0.1) is 11.3 Å². The minimum Gasteiger partial charge on any atom is -0.481 e. The molecule has 0 bridgehead atoms. The summed E-state index contributed by atoms with van der Waals surface area (Å²) >= 11 is 13.8. The summed E-state index contributed by atoms with van der Waals surface area (Å²) < 4.78 is 1.93. The van der Waals surface area contributed by atoms with Gasteiger partial charge < -0.3 is 9.67 Å². The van der Waals surface area contributed by atoms with E-state index in [9.17, 15) is 4.79 Å². The second-order valence-electron chi connectivity index (χ2n) is 4.31. The fourth-order valence-electron chi connectivity index (χ4n) is 1.65. The lowest BCUT2D eigenvalue weighted by molar-refractivity contribution is -0.136. The first-order valence-electron chi connectivity index (χ1n) is 5.74. The number of halogens is 2. The summed E-state index contributed by atoms with van der Waals surface area (Å²) in [4.78, 5) is 15.9. The maximum atomic E-state index is 10.7. The minimum atomic E-state index is -0.929. The Kier molecular flexibility index (Phi) is 4.52. The van der Waals surface area contributed by atoms with Crippen LogP contribution >= 0.6 is 34.5 Å². The molecule has 20 heavy (non-hydrogen) atoms. The number of carbonyl (C=O) groups is 1. The highest BCUT2D eigenvalue weighted by Gasteiger charge is 2.10. The van der Waals surface area contributed by atoms with Crippen LogP contribution in [-0.4, -0.2) is 15.6 Å². The molecule has 0 spiro atoms. The molecule has 7 heteroatoms. The molecule has 1 N–H and O–H groups in total. The lowest BCUT2D eigenvalue weighted by atomic mass is 10.1. The van der Waals surface area contributed by atoms with E-state index in [-0.39, 0.29) is 6.42 Å². The molecular formula is C13H12Cl2N2O2S. The molecule has 0 saturated carbocycles. The van der Waals surface area contributed by atoms with Crippen LogP contribution in [0.2, 0.25) is 10.0 Å². The van der Waals surface area contributed by atoms with Crippen LogP contribution in [0.15, 0.2) is 22.5 Å². The number of hydrogen-bond acceptors (Lipinski definition) is 3. The van der Waals surface area contributed by atoms with Crippen molar-refractivity contribution < 1.29 is 9.90 Å². The summed E-state index contributed by atoms with van der Waals surface area (Å²) in [6, 6.07) is 3.17. The van der Waals surface area contributed by atoms with Crippen LogP contribution in [0.3, 0.4) is 0 Å². The summed E-state index contributed by atoms with van der Waals surface area (Å²) in [6.07, 6.45) is -0.119. The smallest absolute Gasteiger partial charge is 0.307 e. The topological polar surface area (TPSA) is 54.6 Å². The van der Waals surface area contributed by atoms with E-state index in [0.29, 0.717) is 21.3 Å². The molecule has 1 heterocycles. The number of thiazole rings is 1. The number of hydrogen-bond donors (Lipinski definition) is 1. The van der Waals surface area contributed by atoms with Crippen LogP contribution < -0.4 is 4.80 Å². The Morgan fingerprint density at radius 2 is 2.00 bits per heavy atom. The minimum absolute atomic E-state index is 0.119. The molecule has 0 atom stereocenters. The van der Waals surface area contributed by atoms with Crippen LogP contribution in [0.4, 0.5) is 5.69 Å². The monoisotopic (exact) mass is 330 g/mol. The molecule has 0 unspecified atom stereocenters. The highest BCUT2D eigenvalue weighted by atomic mass is 35.5. The van der Waals surface area contributed by atoms with Gasteiger partial charge in [-0.1, -0.05) is 23.2 Å². The van der Waals surface area contributed by atoms with Gasteiger partial charge in [0.1, 0.15) is 5.69 Å². The molecule has 4 nitrogen and oxygen atoms in total. The number of aliphatic carboxylic acids is 1. The first kappa shape index (κ1) is 15.1. The Bertz CT molecular complexity index is 711. The van der Waals surface area contributed by atoms with Crippen molar-refractivity contribution in [1.82, 2.24) is 4.57 Å². The van der Waals surface area contributed by atoms with E-state index in [4.69, 9.17) is 28.3 Å². The number of carboxylic acid groups (broad SMARTS) is 1. The van der Waals surface area contributed by atoms with Gasteiger partial charge in [0.2, 0.25) is 0 Å². The molecule has 1 aromatic heterocycles. The SMILES string of the molecule is Cc1csc(=Nc2c(Cl)cc(CC(=O)O)cc2Cl)n1C. The molecule has 0 radical (unpaired) electrons. The van der Waals surface area contributed by atoms with Crippen molar-refractivity contribution in [1.29, 1.82) is 0 Å². The first-order valence-corrected chi connectivity index (χ1v) is 7.37. The van der Waals surface area contributed by atoms with Gasteiger partial charge in [-0.2, -0.15) is 0 Å². The molecule has 0 aliphatic carbocycles. The van der Waals surface area contributed by atoms with Crippen molar-refractivity contribution in [3.8, 4) is 0 Å². The van der Waals surface area contributed by atoms with Crippen LogP contribution in [0.5, 0.6) is 0 Å². The molecule has 0 aliphatic heterocycles. The quantitative estimate of drug-likeness (QED) is 0.935. The lowest BCUT2D eigenvalue weighted by Crippen LogP contribution is -2.11. The molecular weight excluding hydrogens is 319 g/mol. The summed E-state index contributed by atoms with van der Waals surface area (Å²) in [6.45, 7) is 1.98. The number of rotatable bonds is 3. The Balaban J connectivity index is 2.51. The fourth-order valence-corrected chi connectivity index (χ4v) is 3.14. The summed E-state index contributed by atoms with van der Waals surface area (Å²) in [5.41, 5.74) is 2.10. The third-order valence-electron chi connectivity index (χ3n) is 2.79. The van der Waals surface area contributed by atoms with E-state index in [1.807, 2.05) is 23.9 Å². The van der Waals surface area contributed by atoms with Crippen molar-refractivity contribution in [3.63, 3.8) is 0 Å². The maximum absolute atomic E-state index is 10.7. The number of benzene rings is 1. The molecule has 0 saturated heterocycles. The van der Waals surface area contributed by atoms with Crippen LogP contribution in [0, 0.1) is 6.92 Å². The number of nitrogens with zero attached hydrogens (tertiary/aromatic N) is 2. The van der Waals surface area contributed by atoms with E-state index in [1.165, 1.54) is 11.3 Å². The Morgan fingerprint density at radius 1 is 1.40 bits per heavy atom. The number of aromatic nitrogens is 1. The van der Waals surface area contributed by atoms with Crippen molar-refractivity contribution >= 4 is 46.2 Å². The standard InChI is InChI=1S/C13H12Cl2N2O2S/c1-7-6-20-13(17(7)2)16-12-9(14)3-8(4-10(12)15)5-11(18)19/h3-4,6H,5H2,1-2H3,(H,18,19). The molecule has 2 rings (SSSR count).